The first-order valence-electron chi connectivity index (χ1n) is 6.56. The molecule has 0 spiro atoms. The number of benzene rings is 2. The van der Waals surface area contributed by atoms with E-state index in [0.29, 0.717) is 11.3 Å². The summed E-state index contributed by atoms with van der Waals surface area (Å²) < 4.78 is 14.2. The predicted molar refractivity (Wildman–Crippen MR) is 86.2 cm³/mol. The van der Waals surface area contributed by atoms with E-state index in [1.54, 1.807) is 25.1 Å². The number of para-hydroxylation sites is 1. The van der Waals surface area contributed by atoms with Gasteiger partial charge < -0.3 is 10.6 Å². The molecule has 0 radical (unpaired) electrons. The van der Waals surface area contributed by atoms with Crippen molar-refractivity contribution in [2.75, 3.05) is 11.9 Å². The zero-order chi connectivity index (χ0) is 16.1. The highest BCUT2D eigenvalue weighted by atomic mass is 79.9. The summed E-state index contributed by atoms with van der Waals surface area (Å²) in [6, 6.07) is 11.3. The maximum absolute atomic E-state index is 13.4. The van der Waals surface area contributed by atoms with Crippen LogP contribution in [0.2, 0.25) is 0 Å². The number of aryl methyl sites for hydroxylation is 1. The molecule has 114 valence electrons. The van der Waals surface area contributed by atoms with Gasteiger partial charge in [0.1, 0.15) is 5.82 Å². The van der Waals surface area contributed by atoms with Gasteiger partial charge >= 0.3 is 0 Å². The second-order valence-corrected chi connectivity index (χ2v) is 5.53. The average molecular weight is 365 g/mol. The summed E-state index contributed by atoms with van der Waals surface area (Å²) in [5, 5.41) is 5.12. The lowest BCUT2D eigenvalue weighted by molar-refractivity contribution is -0.115. The Balaban J connectivity index is 1.92. The van der Waals surface area contributed by atoms with Crippen LogP contribution in [0.15, 0.2) is 46.9 Å². The highest BCUT2D eigenvalue weighted by Crippen LogP contribution is 2.20. The van der Waals surface area contributed by atoms with Crippen LogP contribution in [0.4, 0.5) is 10.1 Å². The van der Waals surface area contributed by atoms with Crippen molar-refractivity contribution in [3.05, 3.63) is 63.9 Å². The molecule has 0 heterocycles. The van der Waals surface area contributed by atoms with Gasteiger partial charge in [-0.15, -0.1) is 0 Å². The van der Waals surface area contributed by atoms with Crippen molar-refractivity contribution in [2.45, 2.75) is 6.92 Å². The maximum atomic E-state index is 13.4. The van der Waals surface area contributed by atoms with E-state index in [1.165, 1.54) is 12.1 Å². The first kappa shape index (κ1) is 16.2. The molecule has 0 fully saturated rings. The van der Waals surface area contributed by atoms with E-state index < -0.39 is 11.7 Å². The molecular weight excluding hydrogens is 351 g/mol. The number of nitrogens with one attached hydrogen (secondary N) is 2. The van der Waals surface area contributed by atoms with Gasteiger partial charge in [0.2, 0.25) is 5.91 Å². The monoisotopic (exact) mass is 364 g/mol. The Hall–Kier alpha value is -2.21. The van der Waals surface area contributed by atoms with Crippen LogP contribution in [0.1, 0.15) is 15.9 Å². The van der Waals surface area contributed by atoms with E-state index in [1.807, 2.05) is 6.07 Å². The largest absolute Gasteiger partial charge is 0.343 e. The summed E-state index contributed by atoms with van der Waals surface area (Å²) in [5.41, 5.74) is 1.25. The number of carbonyl (C=O) groups excluding carboxylic acids is 2. The lowest BCUT2D eigenvalue weighted by Gasteiger charge is -2.08. The number of rotatable bonds is 4. The number of anilines is 1. The second-order valence-electron chi connectivity index (χ2n) is 4.67. The van der Waals surface area contributed by atoms with Gasteiger partial charge in [-0.25, -0.2) is 4.39 Å². The molecule has 0 saturated carbocycles. The summed E-state index contributed by atoms with van der Waals surface area (Å²) in [4.78, 5) is 23.7. The normalized spacial score (nSPS) is 10.1. The molecular formula is C16H14BrFN2O2. The molecule has 0 atom stereocenters. The highest BCUT2D eigenvalue weighted by Gasteiger charge is 2.10. The topological polar surface area (TPSA) is 58.2 Å². The van der Waals surface area contributed by atoms with Crippen LogP contribution in [0.3, 0.4) is 0 Å². The third kappa shape index (κ3) is 4.14. The minimum atomic E-state index is -0.499. The molecule has 2 aromatic rings. The van der Waals surface area contributed by atoms with Crippen molar-refractivity contribution in [2.24, 2.45) is 0 Å². The molecule has 0 aromatic heterocycles. The van der Waals surface area contributed by atoms with Crippen LogP contribution < -0.4 is 10.6 Å². The predicted octanol–water partition coefficient (Wildman–Crippen LogP) is 3.27. The molecule has 2 rings (SSSR count). The zero-order valence-corrected chi connectivity index (χ0v) is 13.4. The molecule has 6 heteroatoms. The lowest BCUT2D eigenvalue weighted by atomic mass is 10.1. The molecule has 2 amide bonds. The van der Waals surface area contributed by atoms with E-state index in [2.05, 4.69) is 26.6 Å². The van der Waals surface area contributed by atoms with Gasteiger partial charge in [-0.2, -0.15) is 0 Å². The van der Waals surface area contributed by atoms with Crippen molar-refractivity contribution in [1.82, 2.24) is 5.32 Å². The lowest BCUT2D eigenvalue weighted by Crippen LogP contribution is -2.33. The van der Waals surface area contributed by atoms with E-state index in [4.69, 9.17) is 0 Å². The van der Waals surface area contributed by atoms with Crippen LogP contribution in [-0.4, -0.2) is 18.4 Å². The zero-order valence-electron chi connectivity index (χ0n) is 11.8. The molecule has 22 heavy (non-hydrogen) atoms. The van der Waals surface area contributed by atoms with Gasteiger partial charge in [-0.05, 0) is 52.7 Å². The molecule has 0 saturated heterocycles. The van der Waals surface area contributed by atoms with Crippen molar-refractivity contribution in [3.8, 4) is 0 Å². The van der Waals surface area contributed by atoms with Gasteiger partial charge in [0.25, 0.3) is 5.91 Å². The third-order valence-corrected chi connectivity index (χ3v) is 3.68. The fourth-order valence-corrected chi connectivity index (χ4v) is 2.14. The SMILES string of the molecule is Cc1ccc(C(=O)NCC(=O)Nc2ccccc2Br)cc1F. The Labute approximate surface area is 135 Å². The van der Waals surface area contributed by atoms with E-state index >= 15 is 0 Å². The number of halogens is 2. The Morgan fingerprint density at radius 3 is 2.59 bits per heavy atom. The Kier molecular flexibility index (Phi) is 5.27. The van der Waals surface area contributed by atoms with Crippen LogP contribution >= 0.6 is 15.9 Å². The molecule has 0 bridgehead atoms. The van der Waals surface area contributed by atoms with Gasteiger partial charge in [-0.3, -0.25) is 9.59 Å². The summed E-state index contributed by atoms with van der Waals surface area (Å²) >= 11 is 3.31. The Morgan fingerprint density at radius 1 is 1.18 bits per heavy atom. The quantitative estimate of drug-likeness (QED) is 0.874. The standard InChI is InChI=1S/C16H14BrFN2O2/c1-10-6-7-11(8-13(10)18)16(22)19-9-15(21)20-14-5-3-2-4-12(14)17/h2-8H,9H2,1H3,(H,19,22)(H,20,21). The molecule has 0 aliphatic carbocycles. The first-order chi connectivity index (χ1) is 10.5. The van der Waals surface area contributed by atoms with Gasteiger partial charge in [0.05, 0.1) is 12.2 Å². The molecule has 0 aliphatic heterocycles. The van der Waals surface area contributed by atoms with E-state index in [9.17, 15) is 14.0 Å². The number of carbonyl (C=O) groups is 2. The van der Waals surface area contributed by atoms with Crippen molar-refractivity contribution >= 4 is 33.4 Å². The average Bonchev–Trinajstić information content (AvgIpc) is 2.50. The van der Waals surface area contributed by atoms with Crippen molar-refractivity contribution < 1.29 is 14.0 Å². The number of hydrogen-bond donors (Lipinski definition) is 2. The fraction of sp³-hybridized carbons (Fsp3) is 0.125. The molecule has 0 unspecified atom stereocenters. The Bertz CT molecular complexity index is 719. The van der Waals surface area contributed by atoms with Gasteiger partial charge in [-0.1, -0.05) is 18.2 Å². The molecule has 0 aliphatic rings. The smallest absolute Gasteiger partial charge is 0.251 e. The van der Waals surface area contributed by atoms with Crippen molar-refractivity contribution in [1.29, 1.82) is 0 Å². The van der Waals surface area contributed by atoms with Crippen LogP contribution in [0, 0.1) is 12.7 Å². The van der Waals surface area contributed by atoms with Crippen LogP contribution in [0.5, 0.6) is 0 Å². The van der Waals surface area contributed by atoms with E-state index in [0.717, 1.165) is 10.5 Å². The van der Waals surface area contributed by atoms with Crippen LogP contribution in [0.25, 0.3) is 0 Å². The first-order valence-corrected chi connectivity index (χ1v) is 7.35. The van der Waals surface area contributed by atoms with E-state index in [-0.39, 0.29) is 18.0 Å². The van der Waals surface area contributed by atoms with Gasteiger partial charge in [0, 0.05) is 10.0 Å². The fourth-order valence-electron chi connectivity index (χ4n) is 1.75. The summed E-state index contributed by atoms with van der Waals surface area (Å²) in [6.45, 7) is 1.41. The Morgan fingerprint density at radius 2 is 1.91 bits per heavy atom. The maximum Gasteiger partial charge on any atom is 0.251 e. The third-order valence-electron chi connectivity index (χ3n) is 2.99. The minimum Gasteiger partial charge on any atom is -0.343 e. The minimum absolute atomic E-state index is 0.178. The second kappa shape index (κ2) is 7.17. The molecule has 2 aromatic carbocycles. The number of amides is 2. The summed E-state index contributed by atoms with van der Waals surface area (Å²) in [6.07, 6.45) is 0. The summed E-state index contributed by atoms with van der Waals surface area (Å²) in [5.74, 6) is -1.32. The molecule has 4 nitrogen and oxygen atoms in total. The number of hydrogen-bond acceptors (Lipinski definition) is 2. The molecule has 2 N–H and O–H groups in total. The highest BCUT2D eigenvalue weighted by molar-refractivity contribution is 9.10. The summed E-state index contributed by atoms with van der Waals surface area (Å²) in [7, 11) is 0. The van der Waals surface area contributed by atoms with Gasteiger partial charge in [0.15, 0.2) is 0 Å². The van der Waals surface area contributed by atoms with Crippen LogP contribution in [-0.2, 0) is 4.79 Å². The van der Waals surface area contributed by atoms with Crippen molar-refractivity contribution in [3.63, 3.8) is 0 Å².